The predicted octanol–water partition coefficient (Wildman–Crippen LogP) is 3.87. The summed E-state index contributed by atoms with van der Waals surface area (Å²) in [5, 5.41) is 12.8. The molecule has 0 atom stereocenters. The van der Waals surface area contributed by atoms with E-state index >= 15 is 0 Å². The first-order chi connectivity index (χ1) is 10.3. The minimum Gasteiger partial charge on any atom is -0.321 e. The maximum absolute atomic E-state index is 12.8. The lowest BCUT2D eigenvalue weighted by Gasteiger charge is -2.13. The lowest BCUT2D eigenvalue weighted by atomic mass is 10.1. The Morgan fingerprint density at radius 2 is 1.77 bits per heavy atom. The van der Waals surface area contributed by atoms with Gasteiger partial charge in [-0.1, -0.05) is 18.2 Å². The lowest BCUT2D eigenvalue weighted by molar-refractivity contribution is -0.384. The molecule has 0 saturated heterocycles. The Morgan fingerprint density at radius 3 is 2.41 bits per heavy atom. The predicted molar refractivity (Wildman–Crippen MR) is 72.5 cm³/mol. The molecule has 0 radical (unpaired) electrons. The standard InChI is InChI=1S/C14H9F3N2O3/c15-14(16,17)11-6-1-2-7-12(11)18-13(20)9-4-3-5-10(8-9)19(21)22/h1-8H,(H,18,20). The van der Waals surface area contributed by atoms with Gasteiger partial charge in [0, 0.05) is 17.7 Å². The van der Waals surface area contributed by atoms with E-state index in [2.05, 4.69) is 5.32 Å². The molecule has 1 amide bonds. The smallest absolute Gasteiger partial charge is 0.321 e. The van der Waals surface area contributed by atoms with Gasteiger partial charge in [0.15, 0.2) is 0 Å². The van der Waals surface area contributed by atoms with Gasteiger partial charge in [-0.05, 0) is 18.2 Å². The monoisotopic (exact) mass is 310 g/mol. The summed E-state index contributed by atoms with van der Waals surface area (Å²) >= 11 is 0. The van der Waals surface area contributed by atoms with Gasteiger partial charge < -0.3 is 5.32 Å². The van der Waals surface area contributed by atoms with Crippen LogP contribution in [-0.4, -0.2) is 10.8 Å². The molecule has 5 nitrogen and oxygen atoms in total. The van der Waals surface area contributed by atoms with Gasteiger partial charge >= 0.3 is 6.18 Å². The van der Waals surface area contributed by atoms with Crippen LogP contribution in [0.4, 0.5) is 24.5 Å². The van der Waals surface area contributed by atoms with Crippen LogP contribution in [0.3, 0.4) is 0 Å². The SMILES string of the molecule is O=C(Nc1ccccc1C(F)(F)F)c1cccc([N+](=O)[O-])c1. The molecule has 2 rings (SSSR count). The number of non-ortho nitro benzene ring substituents is 1. The average Bonchev–Trinajstić information content (AvgIpc) is 2.46. The van der Waals surface area contributed by atoms with Gasteiger partial charge in [-0.2, -0.15) is 13.2 Å². The van der Waals surface area contributed by atoms with E-state index in [1.54, 1.807) is 0 Å². The van der Waals surface area contributed by atoms with Gasteiger partial charge in [-0.3, -0.25) is 14.9 Å². The number of anilines is 1. The molecule has 0 aliphatic rings. The molecule has 0 bridgehead atoms. The van der Waals surface area contributed by atoms with Gasteiger partial charge in [0.05, 0.1) is 16.2 Å². The highest BCUT2D eigenvalue weighted by Gasteiger charge is 2.33. The molecule has 0 spiro atoms. The minimum absolute atomic E-state index is 0.105. The first-order valence-corrected chi connectivity index (χ1v) is 6.01. The van der Waals surface area contributed by atoms with Gasteiger partial charge in [0.1, 0.15) is 0 Å². The zero-order valence-corrected chi connectivity index (χ0v) is 10.9. The Morgan fingerprint density at radius 1 is 1.09 bits per heavy atom. The molecular weight excluding hydrogens is 301 g/mol. The van der Waals surface area contributed by atoms with Gasteiger partial charge in [0.25, 0.3) is 11.6 Å². The van der Waals surface area contributed by atoms with Crippen molar-refractivity contribution < 1.29 is 22.9 Å². The van der Waals surface area contributed by atoms with E-state index in [1.165, 1.54) is 30.3 Å². The molecule has 0 aliphatic carbocycles. The summed E-state index contributed by atoms with van der Waals surface area (Å²) in [4.78, 5) is 21.9. The van der Waals surface area contributed by atoms with Crippen molar-refractivity contribution in [3.8, 4) is 0 Å². The van der Waals surface area contributed by atoms with Crippen molar-refractivity contribution in [1.82, 2.24) is 0 Å². The summed E-state index contributed by atoms with van der Waals surface area (Å²) in [5.41, 5.74) is -1.83. The van der Waals surface area contributed by atoms with Crippen molar-refractivity contribution in [2.75, 3.05) is 5.32 Å². The fourth-order valence-electron chi connectivity index (χ4n) is 1.79. The van der Waals surface area contributed by atoms with E-state index in [-0.39, 0.29) is 11.3 Å². The molecule has 0 unspecified atom stereocenters. The molecule has 0 fully saturated rings. The second kappa shape index (κ2) is 5.84. The van der Waals surface area contributed by atoms with E-state index in [0.717, 1.165) is 18.2 Å². The van der Waals surface area contributed by atoms with E-state index < -0.39 is 28.3 Å². The Labute approximate surface area is 122 Å². The van der Waals surface area contributed by atoms with Crippen molar-refractivity contribution in [2.24, 2.45) is 0 Å². The first kappa shape index (κ1) is 15.5. The van der Waals surface area contributed by atoms with Gasteiger partial charge in [-0.25, -0.2) is 0 Å². The van der Waals surface area contributed by atoms with Crippen LogP contribution in [0, 0.1) is 10.1 Å². The molecule has 2 aromatic carbocycles. The quantitative estimate of drug-likeness (QED) is 0.691. The Balaban J connectivity index is 2.30. The Kier molecular flexibility index (Phi) is 4.11. The van der Waals surface area contributed by atoms with Crippen molar-refractivity contribution >= 4 is 17.3 Å². The summed E-state index contributed by atoms with van der Waals surface area (Å²) in [6.45, 7) is 0. The lowest BCUT2D eigenvalue weighted by Crippen LogP contribution is -2.16. The van der Waals surface area contributed by atoms with E-state index in [9.17, 15) is 28.1 Å². The second-order valence-electron chi connectivity index (χ2n) is 4.30. The van der Waals surface area contributed by atoms with Crippen molar-refractivity contribution in [3.05, 3.63) is 69.8 Å². The van der Waals surface area contributed by atoms with Crippen molar-refractivity contribution in [3.63, 3.8) is 0 Å². The molecule has 114 valence electrons. The van der Waals surface area contributed by atoms with E-state index in [4.69, 9.17) is 0 Å². The number of amides is 1. The number of rotatable bonds is 3. The topological polar surface area (TPSA) is 72.2 Å². The Bertz CT molecular complexity index is 729. The number of hydrogen-bond donors (Lipinski definition) is 1. The number of nitrogens with zero attached hydrogens (tertiary/aromatic N) is 1. The number of nitro groups is 1. The third kappa shape index (κ3) is 3.40. The van der Waals surface area contributed by atoms with Gasteiger partial charge in [-0.15, -0.1) is 0 Å². The number of benzene rings is 2. The maximum atomic E-state index is 12.8. The second-order valence-corrected chi connectivity index (χ2v) is 4.30. The number of para-hydroxylation sites is 1. The number of hydrogen-bond acceptors (Lipinski definition) is 3. The third-order valence-corrected chi connectivity index (χ3v) is 2.80. The normalized spacial score (nSPS) is 11.0. The molecule has 0 aliphatic heterocycles. The largest absolute Gasteiger partial charge is 0.418 e. The molecule has 0 aromatic heterocycles. The number of carbonyl (C=O) groups excluding carboxylic acids is 1. The number of alkyl halides is 3. The highest BCUT2D eigenvalue weighted by atomic mass is 19.4. The number of halogens is 3. The highest BCUT2D eigenvalue weighted by Crippen LogP contribution is 2.34. The summed E-state index contributed by atoms with van der Waals surface area (Å²) in [7, 11) is 0. The van der Waals surface area contributed by atoms with Crippen LogP contribution in [0.15, 0.2) is 48.5 Å². The summed E-state index contributed by atoms with van der Waals surface area (Å²) in [6, 6.07) is 9.22. The fraction of sp³-hybridized carbons (Fsp3) is 0.0714. The molecular formula is C14H9F3N2O3. The van der Waals surface area contributed by atoms with E-state index in [0.29, 0.717) is 0 Å². The first-order valence-electron chi connectivity index (χ1n) is 6.01. The van der Waals surface area contributed by atoms with Crippen LogP contribution in [0.25, 0.3) is 0 Å². The van der Waals surface area contributed by atoms with Crippen LogP contribution >= 0.6 is 0 Å². The molecule has 0 saturated carbocycles. The van der Waals surface area contributed by atoms with Crippen LogP contribution in [-0.2, 0) is 6.18 Å². The van der Waals surface area contributed by atoms with Crippen LogP contribution in [0.1, 0.15) is 15.9 Å². The zero-order chi connectivity index (χ0) is 16.3. The van der Waals surface area contributed by atoms with Crippen LogP contribution in [0.5, 0.6) is 0 Å². The average molecular weight is 310 g/mol. The number of nitro benzene ring substituents is 1. The summed E-state index contributed by atoms with van der Waals surface area (Å²) in [5.74, 6) is -0.861. The summed E-state index contributed by atoms with van der Waals surface area (Å²) < 4.78 is 38.5. The molecule has 0 heterocycles. The van der Waals surface area contributed by atoms with Gasteiger partial charge in [0.2, 0.25) is 0 Å². The zero-order valence-electron chi connectivity index (χ0n) is 10.9. The van der Waals surface area contributed by atoms with Crippen LogP contribution in [0.2, 0.25) is 0 Å². The Hall–Kier alpha value is -2.90. The minimum atomic E-state index is -4.62. The molecule has 8 heteroatoms. The van der Waals surface area contributed by atoms with E-state index in [1.807, 2.05) is 0 Å². The summed E-state index contributed by atoms with van der Waals surface area (Å²) in [6.07, 6.45) is -4.62. The molecule has 1 N–H and O–H groups in total. The maximum Gasteiger partial charge on any atom is 0.418 e. The van der Waals surface area contributed by atoms with Crippen molar-refractivity contribution in [2.45, 2.75) is 6.18 Å². The van der Waals surface area contributed by atoms with Crippen LogP contribution < -0.4 is 5.32 Å². The fourth-order valence-corrected chi connectivity index (χ4v) is 1.79. The molecule has 22 heavy (non-hydrogen) atoms. The molecule has 2 aromatic rings. The van der Waals surface area contributed by atoms with Crippen molar-refractivity contribution in [1.29, 1.82) is 0 Å². The third-order valence-electron chi connectivity index (χ3n) is 2.80. The number of nitrogens with one attached hydrogen (secondary N) is 1. The highest BCUT2D eigenvalue weighted by molar-refractivity contribution is 6.05. The number of carbonyl (C=O) groups is 1.